The monoisotopic (exact) mass is 443 g/mol. The summed E-state index contributed by atoms with van der Waals surface area (Å²) in [5.74, 6) is -2.29. The van der Waals surface area contributed by atoms with Crippen LogP contribution >= 0.6 is 22.9 Å². The number of ether oxygens (including phenoxy) is 1. The predicted molar refractivity (Wildman–Crippen MR) is 116 cm³/mol. The first-order valence-corrected chi connectivity index (χ1v) is 10.7. The van der Waals surface area contributed by atoms with Gasteiger partial charge in [0.15, 0.2) is 0 Å². The highest BCUT2D eigenvalue weighted by Gasteiger charge is 2.35. The molecule has 2 aromatic carbocycles. The summed E-state index contributed by atoms with van der Waals surface area (Å²) < 4.78 is 20.2. The quantitative estimate of drug-likeness (QED) is 0.428. The molecule has 0 fully saturated rings. The van der Waals surface area contributed by atoms with Gasteiger partial charge in [0.1, 0.15) is 10.7 Å². The number of halogens is 2. The van der Waals surface area contributed by atoms with Crippen LogP contribution in [0, 0.1) is 11.7 Å². The van der Waals surface area contributed by atoms with E-state index in [-0.39, 0.29) is 17.9 Å². The van der Waals surface area contributed by atoms with Crippen LogP contribution in [-0.2, 0) is 9.53 Å². The van der Waals surface area contributed by atoms with E-state index in [0.717, 1.165) is 10.1 Å². The van der Waals surface area contributed by atoms with E-state index in [2.05, 4.69) is 5.32 Å². The molecule has 4 nitrogen and oxygen atoms in total. The van der Waals surface area contributed by atoms with Crippen LogP contribution in [0.25, 0.3) is 10.1 Å². The van der Waals surface area contributed by atoms with Crippen molar-refractivity contribution in [3.63, 3.8) is 0 Å². The van der Waals surface area contributed by atoms with Gasteiger partial charge in [-0.05, 0) is 24.5 Å². The maximum atomic E-state index is 14.3. The average Bonchev–Trinajstić information content (AvgIpc) is 3.34. The van der Waals surface area contributed by atoms with Crippen LogP contribution in [-0.4, -0.2) is 25.0 Å². The molecule has 0 unspecified atom stereocenters. The SMILES string of the molecule is COC(=O)[C@H](c1ccccc1F)[C@H]1C=C[C@H](NC(=O)c2sc3ccccc3c2Cl)C1. The first-order valence-electron chi connectivity index (χ1n) is 9.48. The van der Waals surface area contributed by atoms with E-state index in [1.54, 1.807) is 18.2 Å². The number of thiophene rings is 1. The molecule has 30 heavy (non-hydrogen) atoms. The fourth-order valence-corrected chi connectivity index (χ4v) is 5.28. The fraction of sp³-hybridized carbons (Fsp3) is 0.217. The van der Waals surface area contributed by atoms with Gasteiger partial charge in [-0.1, -0.05) is 60.2 Å². The van der Waals surface area contributed by atoms with Crippen molar-refractivity contribution in [2.24, 2.45) is 5.92 Å². The van der Waals surface area contributed by atoms with Gasteiger partial charge in [0, 0.05) is 21.7 Å². The lowest BCUT2D eigenvalue weighted by Gasteiger charge is -2.22. The minimum atomic E-state index is -0.776. The number of fused-ring (bicyclic) bond motifs is 1. The summed E-state index contributed by atoms with van der Waals surface area (Å²) >= 11 is 7.74. The highest BCUT2D eigenvalue weighted by atomic mass is 35.5. The topological polar surface area (TPSA) is 55.4 Å². The Bertz CT molecular complexity index is 1140. The van der Waals surface area contributed by atoms with Crippen molar-refractivity contribution in [3.8, 4) is 0 Å². The molecule has 1 heterocycles. The standard InChI is InChI=1S/C23H19ClFNO3S/c1-29-23(28)19(15-6-2-4-8-17(15)25)13-10-11-14(12-13)26-22(27)21-20(24)16-7-3-5-9-18(16)30-21/h2-11,13-14,19H,12H2,1H3,(H,26,27)/t13-,14-,19-/m0/s1. The minimum absolute atomic E-state index is 0.267. The Labute approximate surface area is 182 Å². The van der Waals surface area contributed by atoms with Gasteiger partial charge in [-0.3, -0.25) is 9.59 Å². The number of benzene rings is 2. The van der Waals surface area contributed by atoms with Crippen LogP contribution in [0.5, 0.6) is 0 Å². The van der Waals surface area contributed by atoms with E-state index in [4.69, 9.17) is 16.3 Å². The highest BCUT2D eigenvalue weighted by molar-refractivity contribution is 7.21. The smallest absolute Gasteiger partial charge is 0.313 e. The van der Waals surface area contributed by atoms with E-state index in [0.29, 0.717) is 21.9 Å². The molecule has 0 bridgehead atoms. The van der Waals surface area contributed by atoms with Gasteiger partial charge in [0.25, 0.3) is 5.91 Å². The van der Waals surface area contributed by atoms with Crippen molar-refractivity contribution in [1.29, 1.82) is 0 Å². The van der Waals surface area contributed by atoms with Crippen LogP contribution in [0.3, 0.4) is 0 Å². The molecule has 3 aromatic rings. The third kappa shape index (κ3) is 3.85. The Morgan fingerprint density at radius 3 is 2.63 bits per heavy atom. The molecule has 0 saturated heterocycles. The third-order valence-electron chi connectivity index (χ3n) is 5.30. The maximum Gasteiger partial charge on any atom is 0.313 e. The van der Waals surface area contributed by atoms with Crippen LogP contribution < -0.4 is 5.32 Å². The minimum Gasteiger partial charge on any atom is -0.469 e. The molecule has 7 heteroatoms. The Balaban J connectivity index is 1.51. The molecule has 0 spiro atoms. The average molecular weight is 444 g/mol. The van der Waals surface area contributed by atoms with E-state index in [1.165, 1.54) is 24.5 Å². The van der Waals surface area contributed by atoms with Gasteiger partial charge in [-0.25, -0.2) is 4.39 Å². The van der Waals surface area contributed by atoms with Crippen LogP contribution in [0.2, 0.25) is 5.02 Å². The van der Waals surface area contributed by atoms with E-state index < -0.39 is 17.7 Å². The number of carbonyl (C=O) groups is 2. The summed E-state index contributed by atoms with van der Waals surface area (Å²) in [5, 5.41) is 4.24. The number of methoxy groups -OCH3 is 1. The van der Waals surface area contributed by atoms with Crippen LogP contribution in [0.1, 0.15) is 27.6 Å². The molecule has 1 aliphatic rings. The van der Waals surface area contributed by atoms with Crippen LogP contribution in [0.15, 0.2) is 60.7 Å². The van der Waals surface area contributed by atoms with Crippen molar-refractivity contribution in [1.82, 2.24) is 5.32 Å². The molecule has 0 aliphatic heterocycles. The Hall–Kier alpha value is -2.70. The largest absolute Gasteiger partial charge is 0.469 e. The number of allylic oxidation sites excluding steroid dienone is 1. The lowest BCUT2D eigenvalue weighted by atomic mass is 9.85. The molecular formula is C23H19ClFNO3S. The van der Waals surface area contributed by atoms with Gasteiger partial charge >= 0.3 is 5.97 Å². The van der Waals surface area contributed by atoms with Gasteiger partial charge in [-0.15, -0.1) is 11.3 Å². The zero-order valence-corrected chi connectivity index (χ0v) is 17.7. The van der Waals surface area contributed by atoms with E-state index in [1.807, 2.05) is 36.4 Å². The second-order valence-electron chi connectivity index (χ2n) is 7.13. The number of esters is 1. The molecule has 4 rings (SSSR count). The second kappa shape index (κ2) is 8.58. The summed E-state index contributed by atoms with van der Waals surface area (Å²) in [5.41, 5.74) is 0.290. The molecule has 0 radical (unpaired) electrons. The van der Waals surface area contributed by atoms with Gasteiger partial charge in [0.05, 0.1) is 18.1 Å². The summed E-state index contributed by atoms with van der Waals surface area (Å²) in [4.78, 5) is 25.7. The zero-order chi connectivity index (χ0) is 21.3. The van der Waals surface area contributed by atoms with E-state index >= 15 is 0 Å². The maximum absolute atomic E-state index is 14.3. The Morgan fingerprint density at radius 1 is 1.17 bits per heavy atom. The van der Waals surface area contributed by atoms with Gasteiger partial charge < -0.3 is 10.1 Å². The summed E-state index contributed by atoms with van der Waals surface area (Å²) in [6.45, 7) is 0. The van der Waals surface area contributed by atoms with Crippen molar-refractivity contribution in [2.75, 3.05) is 7.11 Å². The number of hydrogen-bond donors (Lipinski definition) is 1. The van der Waals surface area contributed by atoms with E-state index in [9.17, 15) is 14.0 Å². The molecule has 1 N–H and O–H groups in total. The fourth-order valence-electron chi connectivity index (χ4n) is 3.86. The molecular weight excluding hydrogens is 425 g/mol. The molecule has 1 aromatic heterocycles. The third-order valence-corrected chi connectivity index (χ3v) is 6.97. The normalized spacial score (nSPS) is 19.0. The first kappa shape index (κ1) is 20.6. The number of rotatable bonds is 5. The molecule has 1 aliphatic carbocycles. The van der Waals surface area contributed by atoms with Crippen LogP contribution in [0.4, 0.5) is 4.39 Å². The van der Waals surface area contributed by atoms with Crippen molar-refractivity contribution >= 4 is 44.9 Å². The van der Waals surface area contributed by atoms with Gasteiger partial charge in [0.2, 0.25) is 0 Å². The first-order chi connectivity index (χ1) is 14.5. The Morgan fingerprint density at radius 2 is 1.90 bits per heavy atom. The summed E-state index contributed by atoms with van der Waals surface area (Å²) in [6.07, 6.45) is 4.13. The van der Waals surface area contributed by atoms with Crippen molar-refractivity contribution in [3.05, 3.63) is 82.0 Å². The molecule has 1 amide bonds. The number of hydrogen-bond acceptors (Lipinski definition) is 4. The predicted octanol–water partition coefficient (Wildman–Crippen LogP) is 5.33. The summed E-state index contributed by atoms with van der Waals surface area (Å²) in [7, 11) is 1.29. The molecule has 154 valence electrons. The van der Waals surface area contributed by atoms with Crippen molar-refractivity contribution in [2.45, 2.75) is 18.4 Å². The number of carbonyl (C=O) groups excluding carboxylic acids is 2. The zero-order valence-electron chi connectivity index (χ0n) is 16.1. The Kier molecular flexibility index (Phi) is 5.88. The summed E-state index contributed by atoms with van der Waals surface area (Å²) in [6, 6.07) is 13.5. The lowest BCUT2D eigenvalue weighted by Crippen LogP contribution is -2.33. The lowest BCUT2D eigenvalue weighted by molar-refractivity contribution is -0.143. The molecule has 3 atom stereocenters. The van der Waals surface area contributed by atoms with Crippen molar-refractivity contribution < 1.29 is 18.7 Å². The number of nitrogens with one attached hydrogen (secondary N) is 1. The number of amides is 1. The molecule has 0 saturated carbocycles. The van der Waals surface area contributed by atoms with Gasteiger partial charge in [-0.2, -0.15) is 0 Å². The second-order valence-corrected chi connectivity index (χ2v) is 8.56. The highest BCUT2D eigenvalue weighted by Crippen LogP contribution is 2.37.